The highest BCUT2D eigenvalue weighted by molar-refractivity contribution is 9.10. The molecule has 2 saturated heterocycles. The van der Waals surface area contributed by atoms with Gasteiger partial charge in [-0.25, -0.2) is 0 Å². The van der Waals surface area contributed by atoms with Crippen molar-refractivity contribution in [3.63, 3.8) is 0 Å². The van der Waals surface area contributed by atoms with Gasteiger partial charge in [0.15, 0.2) is 5.41 Å². The Labute approximate surface area is 199 Å². The second kappa shape index (κ2) is 7.78. The zero-order valence-electron chi connectivity index (χ0n) is 18.0. The number of benzene rings is 2. The minimum absolute atomic E-state index is 0.372. The fourth-order valence-corrected chi connectivity index (χ4v) is 5.26. The SMILES string of the molecule is COc1ccc(C23OC(=N)C(C#N)(C2C)C(C#N)(C#N)C(c2cc(Br)ccc2OC)O3)cc1. The van der Waals surface area contributed by atoms with Crippen molar-refractivity contribution < 1.29 is 18.9 Å². The normalized spacial score (nSPS) is 29.2. The van der Waals surface area contributed by atoms with Crippen molar-refractivity contribution in [3.8, 4) is 29.7 Å². The Hall–Kier alpha value is -3.58. The van der Waals surface area contributed by atoms with Gasteiger partial charge in [0.1, 0.15) is 17.6 Å². The van der Waals surface area contributed by atoms with E-state index < -0.39 is 34.5 Å². The monoisotopic (exact) mass is 506 g/mol. The molecule has 4 unspecified atom stereocenters. The average molecular weight is 507 g/mol. The number of methoxy groups -OCH3 is 2. The fraction of sp³-hybridized carbons (Fsp3) is 0.333. The molecule has 0 aliphatic carbocycles. The first kappa shape index (κ1) is 22.6. The molecule has 9 heteroatoms. The molecule has 33 heavy (non-hydrogen) atoms. The van der Waals surface area contributed by atoms with E-state index in [0.717, 1.165) is 0 Å². The van der Waals surface area contributed by atoms with Crippen LogP contribution in [0.5, 0.6) is 11.5 Å². The molecule has 2 fully saturated rings. The molecule has 2 aromatic rings. The summed E-state index contributed by atoms with van der Waals surface area (Å²) in [7, 11) is 3.00. The maximum Gasteiger partial charge on any atom is 0.244 e. The predicted octanol–water partition coefficient (Wildman–Crippen LogP) is 4.58. The quantitative estimate of drug-likeness (QED) is 0.641. The van der Waals surface area contributed by atoms with Crippen LogP contribution in [0.1, 0.15) is 24.2 Å². The Bertz CT molecular complexity index is 1250. The molecule has 2 aromatic carbocycles. The van der Waals surface area contributed by atoms with E-state index >= 15 is 0 Å². The highest BCUT2D eigenvalue weighted by Crippen LogP contribution is 2.69. The van der Waals surface area contributed by atoms with Gasteiger partial charge in [0.05, 0.1) is 38.3 Å². The summed E-state index contributed by atoms with van der Waals surface area (Å²) in [6.45, 7) is 1.66. The number of ether oxygens (including phenoxy) is 4. The molecule has 2 aliphatic heterocycles. The molecule has 0 saturated carbocycles. The van der Waals surface area contributed by atoms with Crippen LogP contribution in [-0.2, 0) is 15.3 Å². The van der Waals surface area contributed by atoms with Gasteiger partial charge in [0.2, 0.25) is 17.1 Å². The summed E-state index contributed by atoms with van der Waals surface area (Å²) in [5.74, 6) is -1.95. The molecule has 4 atom stereocenters. The Morgan fingerprint density at radius 2 is 1.67 bits per heavy atom. The van der Waals surface area contributed by atoms with E-state index in [1.807, 2.05) is 12.1 Å². The maximum atomic E-state index is 10.4. The average Bonchev–Trinajstić information content (AvgIpc) is 3.00. The van der Waals surface area contributed by atoms with Crippen molar-refractivity contribution in [2.75, 3.05) is 14.2 Å². The van der Waals surface area contributed by atoms with Gasteiger partial charge in [0.25, 0.3) is 0 Å². The van der Waals surface area contributed by atoms with Gasteiger partial charge < -0.3 is 18.9 Å². The van der Waals surface area contributed by atoms with Crippen molar-refractivity contribution in [1.82, 2.24) is 0 Å². The summed E-state index contributed by atoms with van der Waals surface area (Å²) >= 11 is 3.42. The van der Waals surface area contributed by atoms with Crippen molar-refractivity contribution >= 4 is 21.8 Å². The van der Waals surface area contributed by atoms with Crippen LogP contribution in [-0.4, -0.2) is 20.1 Å². The van der Waals surface area contributed by atoms with E-state index in [1.165, 1.54) is 7.11 Å². The number of fused-ring (bicyclic) bond motifs is 2. The molecule has 2 aliphatic rings. The number of nitrogens with one attached hydrogen (secondary N) is 1. The second-order valence-corrected chi connectivity index (χ2v) is 8.80. The highest BCUT2D eigenvalue weighted by Gasteiger charge is 2.80. The first-order valence-corrected chi connectivity index (χ1v) is 10.8. The van der Waals surface area contributed by atoms with Gasteiger partial charge in [0, 0.05) is 15.6 Å². The van der Waals surface area contributed by atoms with Crippen LogP contribution in [0.15, 0.2) is 46.9 Å². The first-order chi connectivity index (χ1) is 15.8. The van der Waals surface area contributed by atoms with Crippen LogP contribution in [0.3, 0.4) is 0 Å². The van der Waals surface area contributed by atoms with Crippen molar-refractivity contribution in [1.29, 1.82) is 21.2 Å². The van der Waals surface area contributed by atoms with E-state index in [9.17, 15) is 15.8 Å². The van der Waals surface area contributed by atoms with E-state index in [0.29, 0.717) is 27.1 Å². The molecule has 1 N–H and O–H groups in total. The van der Waals surface area contributed by atoms with Crippen LogP contribution >= 0.6 is 15.9 Å². The van der Waals surface area contributed by atoms with E-state index in [-0.39, 0.29) is 0 Å². The number of nitrogens with zero attached hydrogens (tertiary/aromatic N) is 3. The minimum atomic E-state index is -2.08. The third-order valence-corrected chi connectivity index (χ3v) is 7.13. The summed E-state index contributed by atoms with van der Waals surface area (Å²) in [6, 6.07) is 18.2. The van der Waals surface area contributed by atoms with E-state index in [2.05, 4.69) is 22.0 Å². The Morgan fingerprint density at radius 3 is 2.21 bits per heavy atom. The smallest absolute Gasteiger partial charge is 0.244 e. The van der Waals surface area contributed by atoms with Crippen LogP contribution in [0.2, 0.25) is 0 Å². The lowest BCUT2D eigenvalue weighted by Crippen LogP contribution is -2.57. The minimum Gasteiger partial charge on any atom is -0.497 e. The van der Waals surface area contributed by atoms with Crippen LogP contribution < -0.4 is 9.47 Å². The molecule has 0 aromatic heterocycles. The third-order valence-electron chi connectivity index (χ3n) is 6.64. The largest absolute Gasteiger partial charge is 0.497 e. The summed E-state index contributed by atoms with van der Waals surface area (Å²) in [5, 5.41) is 39.8. The van der Waals surface area contributed by atoms with Crippen molar-refractivity contribution in [2.45, 2.75) is 18.8 Å². The topological polar surface area (TPSA) is 132 Å². The standard InChI is InChI=1S/C24H19BrN4O4/c1-14-23(13-28)21(29)33-24(14,15-4-7-17(30-2)8-5-15)32-20(22(23,11-26)12-27)18-10-16(25)6-9-19(18)31-3/h4-10,14,20,29H,1-3H3. The van der Waals surface area contributed by atoms with Gasteiger partial charge in [-0.15, -0.1) is 0 Å². The lowest BCUT2D eigenvalue weighted by atomic mass is 9.53. The zero-order valence-corrected chi connectivity index (χ0v) is 19.6. The van der Waals surface area contributed by atoms with Gasteiger partial charge >= 0.3 is 0 Å². The lowest BCUT2D eigenvalue weighted by Gasteiger charge is -2.49. The fourth-order valence-electron chi connectivity index (χ4n) is 4.88. The van der Waals surface area contributed by atoms with E-state index in [1.54, 1.807) is 56.5 Å². The summed E-state index contributed by atoms with van der Waals surface area (Å²) in [5.41, 5.74) is -3.07. The predicted molar refractivity (Wildman–Crippen MR) is 119 cm³/mol. The summed E-state index contributed by atoms with van der Waals surface area (Å²) in [6.07, 6.45) is -1.26. The van der Waals surface area contributed by atoms with Gasteiger partial charge in [-0.2, -0.15) is 15.8 Å². The highest BCUT2D eigenvalue weighted by atomic mass is 79.9. The molecule has 0 radical (unpaired) electrons. The van der Waals surface area contributed by atoms with Crippen molar-refractivity contribution in [3.05, 3.63) is 58.1 Å². The van der Waals surface area contributed by atoms with Crippen molar-refractivity contribution in [2.24, 2.45) is 16.7 Å². The summed E-state index contributed by atoms with van der Waals surface area (Å²) < 4.78 is 23.9. The molecular weight excluding hydrogens is 488 g/mol. The lowest BCUT2D eigenvalue weighted by molar-refractivity contribution is -0.288. The number of halogens is 1. The third kappa shape index (κ3) is 2.72. The Kier molecular flexibility index (Phi) is 5.33. The Balaban J connectivity index is 2.05. The molecule has 2 bridgehead atoms. The number of hydrogen-bond acceptors (Lipinski definition) is 8. The van der Waals surface area contributed by atoms with Gasteiger partial charge in [-0.05, 0) is 42.5 Å². The molecule has 0 spiro atoms. The molecule has 4 rings (SSSR count). The zero-order chi connectivity index (χ0) is 24.0. The molecule has 166 valence electrons. The number of hydrogen-bond donors (Lipinski definition) is 1. The first-order valence-electron chi connectivity index (χ1n) is 9.97. The molecule has 0 amide bonds. The number of rotatable bonds is 4. The molecular formula is C24H19BrN4O4. The maximum absolute atomic E-state index is 10.4. The van der Waals surface area contributed by atoms with Gasteiger partial charge in [-0.3, -0.25) is 5.41 Å². The van der Waals surface area contributed by atoms with Crippen LogP contribution in [0.25, 0.3) is 0 Å². The van der Waals surface area contributed by atoms with Crippen LogP contribution in [0.4, 0.5) is 0 Å². The summed E-state index contributed by atoms with van der Waals surface area (Å²) in [4.78, 5) is 0. The van der Waals surface area contributed by atoms with E-state index in [4.69, 9.17) is 24.4 Å². The number of nitriles is 3. The molecule has 2 heterocycles. The van der Waals surface area contributed by atoms with Gasteiger partial charge in [-0.1, -0.05) is 22.9 Å². The molecule has 8 nitrogen and oxygen atoms in total. The Morgan fingerprint density at radius 1 is 1.00 bits per heavy atom. The second-order valence-electron chi connectivity index (χ2n) is 7.88. The van der Waals surface area contributed by atoms with Crippen LogP contribution in [0, 0.1) is 56.2 Å².